The van der Waals surface area contributed by atoms with Gasteiger partial charge in [-0.3, -0.25) is 9.59 Å². The molecule has 0 aliphatic carbocycles. The lowest BCUT2D eigenvalue weighted by Gasteiger charge is -2.39. The van der Waals surface area contributed by atoms with Crippen LogP contribution in [0.3, 0.4) is 0 Å². The maximum atomic E-state index is 12.7. The number of aryl methyl sites for hydroxylation is 1. The van der Waals surface area contributed by atoms with E-state index >= 15 is 0 Å². The van der Waals surface area contributed by atoms with E-state index in [1.54, 1.807) is 18.2 Å². The first-order valence-electron chi connectivity index (χ1n) is 8.81. The largest absolute Gasteiger partial charge is 0.508 e. The lowest BCUT2D eigenvalue weighted by Crippen LogP contribution is -2.44. The van der Waals surface area contributed by atoms with Crippen molar-refractivity contribution in [3.05, 3.63) is 29.3 Å². The quantitative estimate of drug-likeness (QED) is 0.906. The van der Waals surface area contributed by atoms with Crippen molar-refractivity contribution in [2.75, 3.05) is 26.2 Å². The van der Waals surface area contributed by atoms with Crippen molar-refractivity contribution in [1.29, 1.82) is 0 Å². The molecule has 3 rings (SSSR count). The summed E-state index contributed by atoms with van der Waals surface area (Å²) in [4.78, 5) is 28.4. The minimum atomic E-state index is -0.00533. The van der Waals surface area contributed by atoms with Crippen molar-refractivity contribution in [2.24, 2.45) is 5.41 Å². The Bertz CT molecular complexity index is 648. The molecule has 0 atom stereocenters. The zero-order chi connectivity index (χ0) is 17.3. The molecular weight excluding hydrogens is 304 g/mol. The Labute approximate surface area is 143 Å². The molecule has 0 radical (unpaired) electrons. The van der Waals surface area contributed by atoms with Crippen molar-refractivity contribution < 1.29 is 14.7 Å². The van der Waals surface area contributed by atoms with Crippen LogP contribution in [0.2, 0.25) is 0 Å². The highest BCUT2D eigenvalue weighted by atomic mass is 16.3. The summed E-state index contributed by atoms with van der Waals surface area (Å²) in [5.74, 6) is 0.390. The SMILES string of the molecule is CCC(=O)N1CCC2(CC1)CCN(C(=O)c1ccc(C)c(O)c1)C2. The minimum absolute atomic E-state index is 0.00533. The molecule has 2 fully saturated rings. The van der Waals surface area contributed by atoms with E-state index in [0.29, 0.717) is 12.0 Å². The molecule has 1 spiro atoms. The van der Waals surface area contributed by atoms with E-state index in [2.05, 4.69) is 0 Å². The number of aromatic hydroxyl groups is 1. The van der Waals surface area contributed by atoms with Gasteiger partial charge < -0.3 is 14.9 Å². The first-order valence-corrected chi connectivity index (χ1v) is 8.81. The number of nitrogens with zero attached hydrogens (tertiary/aromatic N) is 2. The summed E-state index contributed by atoms with van der Waals surface area (Å²) < 4.78 is 0. The zero-order valence-corrected chi connectivity index (χ0v) is 14.5. The number of carbonyl (C=O) groups is 2. The third-order valence-electron chi connectivity index (χ3n) is 5.66. The highest BCUT2D eigenvalue weighted by Crippen LogP contribution is 2.41. The van der Waals surface area contributed by atoms with Crippen LogP contribution in [0, 0.1) is 12.3 Å². The van der Waals surface area contributed by atoms with Crippen LogP contribution in [0.15, 0.2) is 18.2 Å². The molecule has 1 N–H and O–H groups in total. The van der Waals surface area contributed by atoms with Gasteiger partial charge in [0, 0.05) is 38.2 Å². The van der Waals surface area contributed by atoms with Crippen LogP contribution in [0.1, 0.15) is 48.5 Å². The number of hydrogen-bond acceptors (Lipinski definition) is 3. The monoisotopic (exact) mass is 330 g/mol. The van der Waals surface area contributed by atoms with Crippen LogP contribution in [-0.2, 0) is 4.79 Å². The summed E-state index contributed by atoms with van der Waals surface area (Å²) >= 11 is 0. The first kappa shape index (κ1) is 16.8. The number of piperidine rings is 1. The Hall–Kier alpha value is -2.04. The van der Waals surface area contributed by atoms with Crippen molar-refractivity contribution in [3.8, 4) is 5.75 Å². The Kier molecular flexibility index (Phi) is 4.52. The number of phenols is 1. The van der Waals surface area contributed by atoms with E-state index < -0.39 is 0 Å². The Morgan fingerprint density at radius 3 is 2.33 bits per heavy atom. The van der Waals surface area contributed by atoms with Gasteiger partial charge in [-0.2, -0.15) is 0 Å². The second-order valence-electron chi connectivity index (χ2n) is 7.21. The van der Waals surface area contributed by atoms with Gasteiger partial charge in [0.25, 0.3) is 5.91 Å². The predicted molar refractivity (Wildman–Crippen MR) is 91.9 cm³/mol. The molecule has 130 valence electrons. The first-order chi connectivity index (χ1) is 11.4. The van der Waals surface area contributed by atoms with E-state index in [0.717, 1.165) is 51.0 Å². The fraction of sp³-hybridized carbons (Fsp3) is 0.579. The molecule has 0 saturated carbocycles. The maximum Gasteiger partial charge on any atom is 0.254 e. The van der Waals surface area contributed by atoms with E-state index in [9.17, 15) is 14.7 Å². The van der Waals surface area contributed by atoms with Crippen LogP contribution in [0.25, 0.3) is 0 Å². The summed E-state index contributed by atoms with van der Waals surface area (Å²) in [6.07, 6.45) is 3.52. The molecule has 2 amide bonds. The standard InChI is InChI=1S/C19H26N2O3/c1-3-17(23)20-9-6-19(7-10-20)8-11-21(13-19)18(24)15-5-4-14(2)16(22)12-15/h4-5,12,22H,3,6-11,13H2,1-2H3. The number of phenolic OH excluding ortho intramolecular Hbond substituents is 1. The van der Waals surface area contributed by atoms with E-state index in [1.807, 2.05) is 23.6 Å². The van der Waals surface area contributed by atoms with E-state index in [4.69, 9.17) is 0 Å². The molecule has 5 nitrogen and oxygen atoms in total. The maximum absolute atomic E-state index is 12.7. The molecule has 0 unspecified atom stereocenters. The minimum Gasteiger partial charge on any atom is -0.508 e. The van der Waals surface area contributed by atoms with Gasteiger partial charge in [0.1, 0.15) is 5.75 Å². The summed E-state index contributed by atoms with van der Waals surface area (Å²) in [7, 11) is 0. The highest BCUT2D eigenvalue weighted by Gasteiger charge is 2.42. The molecule has 1 aromatic rings. The second kappa shape index (κ2) is 6.46. The van der Waals surface area contributed by atoms with Gasteiger partial charge in [-0.05, 0) is 49.3 Å². The molecular formula is C19H26N2O3. The van der Waals surface area contributed by atoms with Gasteiger partial charge >= 0.3 is 0 Å². The summed E-state index contributed by atoms with van der Waals surface area (Å²) in [5, 5.41) is 9.83. The molecule has 2 saturated heterocycles. The fourth-order valence-electron chi connectivity index (χ4n) is 3.90. The molecule has 24 heavy (non-hydrogen) atoms. The predicted octanol–water partition coefficient (Wildman–Crippen LogP) is 2.57. The van der Waals surface area contributed by atoms with Crippen LogP contribution in [-0.4, -0.2) is 52.9 Å². The third-order valence-corrected chi connectivity index (χ3v) is 5.66. The van der Waals surface area contributed by atoms with Crippen molar-refractivity contribution in [3.63, 3.8) is 0 Å². The fourth-order valence-corrected chi connectivity index (χ4v) is 3.90. The van der Waals surface area contributed by atoms with Gasteiger partial charge in [0.2, 0.25) is 5.91 Å². The van der Waals surface area contributed by atoms with Crippen LogP contribution < -0.4 is 0 Å². The number of carbonyl (C=O) groups excluding carboxylic acids is 2. The van der Waals surface area contributed by atoms with Crippen molar-refractivity contribution >= 4 is 11.8 Å². The van der Waals surface area contributed by atoms with E-state index in [-0.39, 0.29) is 23.0 Å². The Balaban J connectivity index is 1.64. The lowest BCUT2D eigenvalue weighted by molar-refractivity contribution is -0.133. The van der Waals surface area contributed by atoms with Crippen LogP contribution in [0.4, 0.5) is 0 Å². The Morgan fingerprint density at radius 1 is 1.12 bits per heavy atom. The van der Waals surface area contributed by atoms with Gasteiger partial charge in [-0.15, -0.1) is 0 Å². The summed E-state index contributed by atoms with van der Waals surface area (Å²) in [5.41, 5.74) is 1.48. The van der Waals surface area contributed by atoms with E-state index in [1.165, 1.54) is 0 Å². The molecule has 2 aliphatic heterocycles. The van der Waals surface area contributed by atoms with Gasteiger partial charge in [0.15, 0.2) is 0 Å². The van der Waals surface area contributed by atoms with Crippen LogP contribution >= 0.6 is 0 Å². The average molecular weight is 330 g/mol. The summed E-state index contributed by atoms with van der Waals surface area (Å²) in [6.45, 7) is 6.85. The highest BCUT2D eigenvalue weighted by molar-refractivity contribution is 5.95. The average Bonchev–Trinajstić information content (AvgIpc) is 3.00. The number of likely N-dealkylation sites (tertiary alicyclic amines) is 2. The summed E-state index contributed by atoms with van der Waals surface area (Å²) in [6, 6.07) is 5.12. The molecule has 5 heteroatoms. The molecule has 2 aliphatic rings. The third kappa shape index (κ3) is 3.12. The number of hydrogen-bond donors (Lipinski definition) is 1. The smallest absolute Gasteiger partial charge is 0.254 e. The van der Waals surface area contributed by atoms with Gasteiger partial charge in [0.05, 0.1) is 0 Å². The zero-order valence-electron chi connectivity index (χ0n) is 14.5. The van der Waals surface area contributed by atoms with Crippen molar-refractivity contribution in [1.82, 2.24) is 9.80 Å². The Morgan fingerprint density at radius 2 is 1.75 bits per heavy atom. The molecule has 1 aromatic carbocycles. The second-order valence-corrected chi connectivity index (χ2v) is 7.21. The molecule has 0 aromatic heterocycles. The number of rotatable bonds is 2. The molecule has 0 bridgehead atoms. The number of amides is 2. The van der Waals surface area contributed by atoms with Gasteiger partial charge in [-0.1, -0.05) is 13.0 Å². The van der Waals surface area contributed by atoms with Gasteiger partial charge in [-0.25, -0.2) is 0 Å². The normalized spacial score (nSPS) is 19.8. The lowest BCUT2D eigenvalue weighted by atomic mass is 9.77. The molecule has 2 heterocycles. The van der Waals surface area contributed by atoms with Crippen molar-refractivity contribution in [2.45, 2.75) is 39.5 Å². The topological polar surface area (TPSA) is 60.9 Å². The van der Waals surface area contributed by atoms with Crippen LogP contribution in [0.5, 0.6) is 5.75 Å². The number of benzene rings is 1.